The average molecular weight is 262 g/mol. The Labute approximate surface area is 110 Å². The molecule has 0 saturated heterocycles. The molecular formula is C12H14N4OS. The van der Waals surface area contributed by atoms with Crippen molar-refractivity contribution in [1.82, 2.24) is 4.57 Å². The van der Waals surface area contributed by atoms with E-state index in [2.05, 4.69) is 22.4 Å². The van der Waals surface area contributed by atoms with Crippen molar-refractivity contribution >= 4 is 33.9 Å². The molecule has 3 N–H and O–H groups in total. The van der Waals surface area contributed by atoms with E-state index in [1.165, 1.54) is 0 Å². The number of thiocarbonyl (C=S) groups is 1. The van der Waals surface area contributed by atoms with Gasteiger partial charge in [0, 0.05) is 11.9 Å². The van der Waals surface area contributed by atoms with E-state index < -0.39 is 0 Å². The second-order valence-corrected chi connectivity index (χ2v) is 4.30. The number of aromatic hydroxyl groups is 1. The Morgan fingerprint density at radius 2 is 2.17 bits per heavy atom. The van der Waals surface area contributed by atoms with E-state index in [4.69, 9.17) is 5.73 Å². The molecule has 0 amide bonds. The van der Waals surface area contributed by atoms with Gasteiger partial charge in [-0.1, -0.05) is 25.1 Å². The van der Waals surface area contributed by atoms with Gasteiger partial charge in [0.05, 0.1) is 5.52 Å². The van der Waals surface area contributed by atoms with Crippen LogP contribution in [0.1, 0.15) is 13.3 Å². The van der Waals surface area contributed by atoms with Crippen LogP contribution in [0.4, 0.5) is 5.69 Å². The highest BCUT2D eigenvalue weighted by atomic mass is 32.1. The third kappa shape index (κ3) is 2.19. The molecule has 5 nitrogen and oxygen atoms in total. The molecule has 0 aliphatic heterocycles. The van der Waals surface area contributed by atoms with E-state index in [9.17, 15) is 5.11 Å². The molecule has 0 unspecified atom stereocenters. The summed E-state index contributed by atoms with van der Waals surface area (Å²) in [5, 5.41) is 18.5. The van der Waals surface area contributed by atoms with Crippen LogP contribution in [0.15, 0.2) is 34.5 Å². The smallest absolute Gasteiger partial charge is 0.220 e. The van der Waals surface area contributed by atoms with Crippen LogP contribution in [0.25, 0.3) is 10.9 Å². The quantitative estimate of drug-likeness (QED) is 0.659. The van der Waals surface area contributed by atoms with Gasteiger partial charge in [0.15, 0.2) is 5.69 Å². The summed E-state index contributed by atoms with van der Waals surface area (Å²) in [6.45, 7) is 2.76. The van der Waals surface area contributed by atoms with Gasteiger partial charge in [-0.3, -0.25) is 0 Å². The monoisotopic (exact) mass is 262 g/mol. The fourth-order valence-corrected chi connectivity index (χ4v) is 1.96. The summed E-state index contributed by atoms with van der Waals surface area (Å²) < 4.78 is 1.81. The Morgan fingerprint density at radius 1 is 1.44 bits per heavy atom. The molecule has 1 aromatic heterocycles. The number of hydrogen-bond acceptors (Lipinski definition) is 3. The number of aryl methyl sites for hydroxylation is 1. The van der Waals surface area contributed by atoms with E-state index in [1.807, 2.05) is 35.8 Å². The number of hydrogen-bond donors (Lipinski definition) is 2. The minimum atomic E-state index is -0.0540. The molecule has 6 heteroatoms. The molecule has 1 aromatic carbocycles. The molecule has 18 heavy (non-hydrogen) atoms. The number of fused-ring (bicyclic) bond motifs is 1. The minimum absolute atomic E-state index is 0.0540. The summed E-state index contributed by atoms with van der Waals surface area (Å²) in [6, 6.07) is 7.62. The van der Waals surface area contributed by atoms with Crippen LogP contribution in [0.2, 0.25) is 0 Å². The average Bonchev–Trinajstić information content (AvgIpc) is 2.61. The number of azo groups is 1. The summed E-state index contributed by atoms with van der Waals surface area (Å²) in [5.41, 5.74) is 6.62. The van der Waals surface area contributed by atoms with Crippen LogP contribution in [0, 0.1) is 0 Å². The van der Waals surface area contributed by atoms with Crippen LogP contribution < -0.4 is 5.73 Å². The summed E-state index contributed by atoms with van der Waals surface area (Å²) in [5.74, 6) is 0.0954. The highest BCUT2D eigenvalue weighted by Crippen LogP contribution is 2.38. The van der Waals surface area contributed by atoms with Gasteiger partial charge in [-0.05, 0) is 24.7 Å². The predicted octanol–water partition coefficient (Wildman–Crippen LogP) is 3.08. The van der Waals surface area contributed by atoms with Crippen LogP contribution in [-0.4, -0.2) is 14.8 Å². The maximum atomic E-state index is 10.2. The molecule has 0 radical (unpaired) electrons. The van der Waals surface area contributed by atoms with E-state index in [1.54, 1.807) is 0 Å². The fraction of sp³-hybridized carbons (Fsp3) is 0.250. The lowest BCUT2D eigenvalue weighted by Crippen LogP contribution is -2.01. The molecular weight excluding hydrogens is 248 g/mol. The maximum Gasteiger partial charge on any atom is 0.220 e. The molecule has 2 rings (SSSR count). The van der Waals surface area contributed by atoms with E-state index in [0.29, 0.717) is 5.69 Å². The van der Waals surface area contributed by atoms with Crippen LogP contribution in [-0.2, 0) is 6.54 Å². The number of nitrogens with zero attached hydrogens (tertiary/aromatic N) is 3. The zero-order valence-corrected chi connectivity index (χ0v) is 10.8. The molecule has 1 heterocycles. The van der Waals surface area contributed by atoms with E-state index >= 15 is 0 Å². The molecule has 0 bridgehead atoms. The van der Waals surface area contributed by atoms with Crippen molar-refractivity contribution in [3.63, 3.8) is 0 Å². The first-order valence-electron chi connectivity index (χ1n) is 5.66. The predicted molar refractivity (Wildman–Crippen MR) is 75.2 cm³/mol. The molecule has 0 fully saturated rings. The molecule has 94 valence electrons. The number of benzene rings is 1. The minimum Gasteiger partial charge on any atom is -0.493 e. The Balaban J connectivity index is 2.65. The van der Waals surface area contributed by atoms with Gasteiger partial charge in [-0.25, -0.2) is 0 Å². The number of para-hydroxylation sites is 1. The van der Waals surface area contributed by atoms with Gasteiger partial charge in [-0.15, -0.1) is 10.2 Å². The van der Waals surface area contributed by atoms with Gasteiger partial charge in [-0.2, -0.15) is 0 Å². The molecule has 0 saturated carbocycles. The topological polar surface area (TPSA) is 75.9 Å². The second kappa shape index (κ2) is 5.14. The third-order valence-electron chi connectivity index (χ3n) is 2.61. The molecule has 0 atom stereocenters. The summed E-state index contributed by atoms with van der Waals surface area (Å²) in [6.07, 6.45) is 0.915. The molecule has 2 aromatic rings. The van der Waals surface area contributed by atoms with Crippen molar-refractivity contribution in [2.75, 3.05) is 0 Å². The zero-order valence-electron chi connectivity index (χ0n) is 10.00. The number of aromatic nitrogens is 1. The first kappa shape index (κ1) is 12.5. The second-order valence-electron chi connectivity index (χ2n) is 3.88. The molecule has 0 spiro atoms. The summed E-state index contributed by atoms with van der Waals surface area (Å²) >= 11 is 4.65. The Kier molecular flexibility index (Phi) is 3.57. The Hall–Kier alpha value is -1.95. The maximum absolute atomic E-state index is 10.2. The van der Waals surface area contributed by atoms with Crippen LogP contribution >= 0.6 is 12.2 Å². The largest absolute Gasteiger partial charge is 0.493 e. The highest BCUT2D eigenvalue weighted by Gasteiger charge is 2.15. The van der Waals surface area contributed by atoms with Crippen molar-refractivity contribution in [2.24, 2.45) is 16.0 Å². The van der Waals surface area contributed by atoms with Crippen molar-refractivity contribution in [3.05, 3.63) is 24.3 Å². The normalized spacial score (nSPS) is 11.4. The number of nitrogens with two attached hydrogens (primary N) is 1. The van der Waals surface area contributed by atoms with Crippen molar-refractivity contribution < 1.29 is 5.11 Å². The van der Waals surface area contributed by atoms with Gasteiger partial charge >= 0.3 is 0 Å². The van der Waals surface area contributed by atoms with E-state index in [-0.39, 0.29) is 11.0 Å². The fourth-order valence-electron chi connectivity index (χ4n) is 1.92. The first-order valence-corrected chi connectivity index (χ1v) is 6.07. The SMILES string of the molecule is CCCn1c(O)c(N=NC(N)=S)c2ccccc21. The lowest BCUT2D eigenvalue weighted by atomic mass is 10.2. The van der Waals surface area contributed by atoms with Gasteiger partial charge in [0.25, 0.3) is 0 Å². The van der Waals surface area contributed by atoms with Crippen molar-refractivity contribution in [3.8, 4) is 5.88 Å². The third-order valence-corrected chi connectivity index (χ3v) is 2.69. The Bertz CT molecular complexity index is 618. The standard InChI is InChI=1S/C12H14N4OS/c1-2-7-16-9-6-4-3-5-8(9)10(11(16)17)14-15-12(13)18/h3-6,17H,2,7H2,1H3,(H2,13,18). The first-order chi connectivity index (χ1) is 8.65. The van der Waals surface area contributed by atoms with Crippen molar-refractivity contribution in [1.29, 1.82) is 0 Å². The summed E-state index contributed by atoms with van der Waals surface area (Å²) in [4.78, 5) is 0. The van der Waals surface area contributed by atoms with Crippen molar-refractivity contribution in [2.45, 2.75) is 19.9 Å². The lowest BCUT2D eigenvalue weighted by Gasteiger charge is -2.03. The summed E-state index contributed by atoms with van der Waals surface area (Å²) in [7, 11) is 0. The van der Waals surface area contributed by atoms with Crippen LogP contribution in [0.3, 0.4) is 0 Å². The lowest BCUT2D eigenvalue weighted by molar-refractivity contribution is 0.421. The molecule has 0 aliphatic rings. The van der Waals surface area contributed by atoms with E-state index in [0.717, 1.165) is 23.9 Å². The van der Waals surface area contributed by atoms with Gasteiger partial charge < -0.3 is 15.4 Å². The van der Waals surface area contributed by atoms with Gasteiger partial charge in [0.1, 0.15) is 0 Å². The molecule has 0 aliphatic carbocycles. The van der Waals surface area contributed by atoms with Gasteiger partial charge in [0.2, 0.25) is 11.0 Å². The van der Waals surface area contributed by atoms with Crippen LogP contribution in [0.5, 0.6) is 5.88 Å². The number of rotatable bonds is 3. The Morgan fingerprint density at radius 3 is 2.83 bits per heavy atom. The highest BCUT2D eigenvalue weighted by molar-refractivity contribution is 7.80. The zero-order chi connectivity index (χ0) is 13.1.